The molecule has 3 rings (SSSR count). The van der Waals surface area contributed by atoms with Crippen LogP contribution in [0.1, 0.15) is 42.5 Å². The summed E-state index contributed by atoms with van der Waals surface area (Å²) in [7, 11) is 0. The molecule has 3 aromatic rings. The Labute approximate surface area is 182 Å². The number of carbonyl (C=O) groups is 1. The molecule has 2 heterocycles. The highest BCUT2D eigenvalue weighted by Crippen LogP contribution is 2.18. The van der Waals surface area contributed by atoms with Crippen molar-refractivity contribution in [1.29, 1.82) is 0 Å². The molecule has 0 saturated heterocycles. The summed E-state index contributed by atoms with van der Waals surface area (Å²) in [5, 5.41) is 30.1. The van der Waals surface area contributed by atoms with Crippen molar-refractivity contribution in [2.75, 3.05) is 18.8 Å². The zero-order valence-corrected chi connectivity index (χ0v) is 17.7. The minimum absolute atomic E-state index is 0.00897. The number of anilines is 1. The first-order valence-electron chi connectivity index (χ1n) is 9.70. The quantitative estimate of drug-likeness (QED) is 0.277. The summed E-state index contributed by atoms with van der Waals surface area (Å²) in [5.74, 6) is -0.450. The molecule has 0 atom stereocenters. The van der Waals surface area contributed by atoms with Gasteiger partial charge in [0.2, 0.25) is 11.6 Å². The molecule has 14 nitrogen and oxygen atoms in total. The lowest BCUT2D eigenvalue weighted by Crippen LogP contribution is -2.27. The van der Waals surface area contributed by atoms with Crippen molar-refractivity contribution >= 4 is 23.1 Å². The van der Waals surface area contributed by atoms with E-state index in [0.717, 1.165) is 13.1 Å². The molecule has 1 amide bonds. The Morgan fingerprint density at radius 1 is 1.28 bits per heavy atom. The minimum Gasteiger partial charge on any atom is -0.378 e. The van der Waals surface area contributed by atoms with Gasteiger partial charge < -0.3 is 5.73 Å². The fourth-order valence-electron chi connectivity index (χ4n) is 2.86. The molecule has 0 saturated carbocycles. The van der Waals surface area contributed by atoms with Gasteiger partial charge >= 0.3 is 0 Å². The summed E-state index contributed by atoms with van der Waals surface area (Å²) >= 11 is 0. The summed E-state index contributed by atoms with van der Waals surface area (Å²) in [6, 6.07) is 5.82. The Kier molecular flexibility index (Phi) is 6.84. The van der Waals surface area contributed by atoms with Gasteiger partial charge in [-0.05, 0) is 48.0 Å². The smallest absolute Gasteiger partial charge is 0.293 e. The lowest BCUT2D eigenvalue weighted by atomic mass is 10.1. The second kappa shape index (κ2) is 9.74. The number of amides is 1. The van der Waals surface area contributed by atoms with Crippen molar-refractivity contribution in [1.82, 2.24) is 35.6 Å². The Morgan fingerprint density at radius 2 is 1.97 bits per heavy atom. The molecule has 3 N–H and O–H groups in total. The van der Waals surface area contributed by atoms with Gasteiger partial charge in [0.25, 0.3) is 11.6 Å². The van der Waals surface area contributed by atoms with Crippen molar-refractivity contribution < 1.29 is 14.3 Å². The Bertz CT molecular complexity index is 1130. The highest BCUT2D eigenvalue weighted by molar-refractivity contribution is 6.00. The van der Waals surface area contributed by atoms with E-state index in [9.17, 15) is 14.9 Å². The lowest BCUT2D eigenvalue weighted by molar-refractivity contribution is -0.384. The number of hydrazone groups is 1. The van der Waals surface area contributed by atoms with E-state index in [2.05, 4.69) is 40.7 Å². The minimum atomic E-state index is -0.588. The van der Waals surface area contributed by atoms with Crippen LogP contribution in [0, 0.1) is 10.1 Å². The van der Waals surface area contributed by atoms with Gasteiger partial charge in [-0.2, -0.15) is 9.78 Å². The van der Waals surface area contributed by atoms with Crippen LogP contribution < -0.4 is 11.2 Å². The first-order valence-corrected chi connectivity index (χ1v) is 9.70. The number of nitrogen functional groups attached to an aromatic ring is 1. The van der Waals surface area contributed by atoms with E-state index in [1.165, 1.54) is 16.8 Å². The molecule has 0 aliphatic carbocycles. The number of benzene rings is 1. The maximum Gasteiger partial charge on any atom is 0.293 e. The van der Waals surface area contributed by atoms with Crippen molar-refractivity contribution in [3.05, 3.63) is 51.3 Å². The van der Waals surface area contributed by atoms with Gasteiger partial charge in [0.15, 0.2) is 5.69 Å². The molecule has 0 aliphatic rings. The summed E-state index contributed by atoms with van der Waals surface area (Å²) in [6.07, 6.45) is 0. The van der Waals surface area contributed by atoms with Crippen LogP contribution in [0.5, 0.6) is 0 Å². The Hall–Kier alpha value is -4.20. The molecule has 2 aromatic heterocycles. The standard InChI is InChI=1S/C18H22N10O4/c1-4-26(5-2)10-14-15(21-25-27(14)17-16(19)23-32-24-17)18(29)22-20-11(3)12-6-8-13(9-7-12)28(30)31/h6-9H,4-5,10H2,1-3H3,(H2,19,23)(H,22,29). The van der Waals surface area contributed by atoms with Gasteiger partial charge in [0.1, 0.15) is 0 Å². The first kappa shape index (κ1) is 22.5. The molecule has 0 aliphatic heterocycles. The molecule has 32 heavy (non-hydrogen) atoms. The number of aromatic nitrogens is 5. The number of nitrogens with zero attached hydrogens (tertiary/aromatic N) is 8. The summed E-state index contributed by atoms with van der Waals surface area (Å²) in [4.78, 5) is 25.2. The highest BCUT2D eigenvalue weighted by atomic mass is 16.6. The fourth-order valence-corrected chi connectivity index (χ4v) is 2.86. The predicted octanol–water partition coefficient (Wildman–Crippen LogP) is 1.14. The van der Waals surface area contributed by atoms with Crippen LogP contribution in [0.3, 0.4) is 0 Å². The van der Waals surface area contributed by atoms with Crippen LogP contribution in [-0.2, 0) is 6.54 Å². The van der Waals surface area contributed by atoms with Gasteiger partial charge in [0, 0.05) is 18.7 Å². The number of nitrogens with one attached hydrogen (secondary N) is 1. The van der Waals surface area contributed by atoms with Crippen LogP contribution in [-0.4, -0.2) is 59.8 Å². The number of carbonyl (C=O) groups excluding carboxylic acids is 1. The van der Waals surface area contributed by atoms with Gasteiger partial charge in [-0.1, -0.05) is 19.1 Å². The van der Waals surface area contributed by atoms with Crippen LogP contribution in [0.25, 0.3) is 5.82 Å². The van der Waals surface area contributed by atoms with Crippen LogP contribution >= 0.6 is 0 Å². The molecule has 0 unspecified atom stereocenters. The van der Waals surface area contributed by atoms with E-state index < -0.39 is 10.8 Å². The van der Waals surface area contributed by atoms with Crippen molar-refractivity contribution in [2.45, 2.75) is 27.3 Å². The predicted molar refractivity (Wildman–Crippen MR) is 113 cm³/mol. The van der Waals surface area contributed by atoms with Crippen molar-refractivity contribution in [2.24, 2.45) is 5.10 Å². The number of nitrogens with two attached hydrogens (primary N) is 1. The van der Waals surface area contributed by atoms with Gasteiger partial charge in [-0.3, -0.25) is 19.8 Å². The van der Waals surface area contributed by atoms with Crippen LogP contribution in [0.2, 0.25) is 0 Å². The molecule has 1 aromatic carbocycles. The van der Waals surface area contributed by atoms with E-state index in [-0.39, 0.29) is 23.0 Å². The van der Waals surface area contributed by atoms with Gasteiger partial charge in [0.05, 0.1) is 16.3 Å². The second-order valence-electron chi connectivity index (χ2n) is 6.67. The van der Waals surface area contributed by atoms with Gasteiger partial charge in [-0.15, -0.1) is 5.10 Å². The number of hydrogen-bond donors (Lipinski definition) is 2. The largest absolute Gasteiger partial charge is 0.378 e. The topological polar surface area (TPSA) is 183 Å². The van der Waals surface area contributed by atoms with E-state index in [1.807, 2.05) is 13.8 Å². The zero-order chi connectivity index (χ0) is 23.3. The molecule has 0 bridgehead atoms. The van der Waals surface area contributed by atoms with E-state index >= 15 is 0 Å². The van der Waals surface area contributed by atoms with Crippen molar-refractivity contribution in [3.8, 4) is 5.82 Å². The normalized spacial score (nSPS) is 11.7. The third kappa shape index (κ3) is 4.75. The average molecular weight is 442 g/mol. The molecule has 0 radical (unpaired) electrons. The maximum atomic E-state index is 12.8. The number of nitro benzene ring substituents is 1. The average Bonchev–Trinajstić information content (AvgIpc) is 3.40. The summed E-state index contributed by atoms with van der Waals surface area (Å²) in [5.41, 5.74) is 9.74. The van der Waals surface area contributed by atoms with Crippen LogP contribution in [0.15, 0.2) is 34.0 Å². The summed E-state index contributed by atoms with van der Waals surface area (Å²) < 4.78 is 5.95. The van der Waals surface area contributed by atoms with Gasteiger partial charge in [-0.25, -0.2) is 10.1 Å². The van der Waals surface area contributed by atoms with Crippen LogP contribution in [0.4, 0.5) is 11.5 Å². The molecule has 14 heteroatoms. The summed E-state index contributed by atoms with van der Waals surface area (Å²) in [6.45, 7) is 7.44. The monoisotopic (exact) mass is 442 g/mol. The SMILES string of the molecule is CCN(CC)Cc1c(C(=O)NN=C(C)c2ccc([N+](=O)[O-])cc2)nnn1-c1nonc1N. The molecule has 0 spiro atoms. The highest BCUT2D eigenvalue weighted by Gasteiger charge is 2.25. The maximum absolute atomic E-state index is 12.8. The molecule has 0 fully saturated rings. The number of nitro groups is 1. The number of rotatable bonds is 9. The van der Waals surface area contributed by atoms with E-state index in [4.69, 9.17) is 5.73 Å². The molecular formula is C18H22N10O4. The number of non-ortho nitro benzene ring substituents is 1. The van der Waals surface area contributed by atoms with E-state index in [0.29, 0.717) is 23.5 Å². The zero-order valence-electron chi connectivity index (χ0n) is 17.7. The Balaban J connectivity index is 1.86. The van der Waals surface area contributed by atoms with E-state index in [1.54, 1.807) is 19.1 Å². The third-order valence-electron chi connectivity index (χ3n) is 4.76. The second-order valence-corrected chi connectivity index (χ2v) is 6.67. The first-order chi connectivity index (χ1) is 15.3. The van der Waals surface area contributed by atoms with Crippen molar-refractivity contribution in [3.63, 3.8) is 0 Å². The third-order valence-corrected chi connectivity index (χ3v) is 4.76. The fraction of sp³-hybridized carbons (Fsp3) is 0.333. The Morgan fingerprint density at radius 3 is 2.53 bits per heavy atom. The number of hydrogen-bond acceptors (Lipinski definition) is 11. The molecular weight excluding hydrogens is 420 g/mol. The molecule has 168 valence electrons. The lowest BCUT2D eigenvalue weighted by Gasteiger charge is -2.18.